The molecule has 1 unspecified atom stereocenters. The average Bonchev–Trinajstić information content (AvgIpc) is 2.59. The Morgan fingerprint density at radius 2 is 1.71 bits per heavy atom. The predicted octanol–water partition coefficient (Wildman–Crippen LogP) is 3.70. The van der Waals surface area contributed by atoms with Gasteiger partial charge in [0.25, 0.3) is 0 Å². The van der Waals surface area contributed by atoms with Crippen molar-refractivity contribution in [1.82, 2.24) is 4.72 Å². The van der Waals surface area contributed by atoms with E-state index in [0.29, 0.717) is 10.5 Å². The highest BCUT2D eigenvalue weighted by atomic mass is 35.5. The number of aryl methyl sites for hydroxylation is 1. The molecule has 0 aliphatic heterocycles. The number of rotatable bonds is 6. The molecular formula is C17H17Cl2NO3S. The highest BCUT2D eigenvalue weighted by Crippen LogP contribution is 2.37. The summed E-state index contributed by atoms with van der Waals surface area (Å²) in [5, 5.41) is 0. The lowest BCUT2D eigenvalue weighted by atomic mass is 10.0. The van der Waals surface area contributed by atoms with Crippen LogP contribution in [0.3, 0.4) is 0 Å². The molecule has 2 atom stereocenters. The minimum absolute atomic E-state index is 0.551. The van der Waals surface area contributed by atoms with E-state index in [-0.39, 0.29) is 0 Å². The molecule has 2 rings (SSSR count). The lowest BCUT2D eigenvalue weighted by Gasteiger charge is -2.28. The molecule has 24 heavy (non-hydrogen) atoms. The number of esters is 1. The number of nitrogens with one attached hydrogen (secondary N) is 1. The molecule has 0 bridgehead atoms. The summed E-state index contributed by atoms with van der Waals surface area (Å²) in [7, 11) is -0.419. The van der Waals surface area contributed by atoms with Crippen molar-refractivity contribution < 1.29 is 13.7 Å². The second kappa shape index (κ2) is 8.12. The molecule has 7 heteroatoms. The second-order valence-electron chi connectivity index (χ2n) is 5.16. The Balaban J connectivity index is 2.34. The highest BCUT2D eigenvalue weighted by Gasteiger charge is 2.45. The minimum atomic E-state index is -1.93. The van der Waals surface area contributed by atoms with Crippen LogP contribution in [0, 0.1) is 6.92 Å². The van der Waals surface area contributed by atoms with Crippen LogP contribution in [0.4, 0.5) is 0 Å². The number of benzene rings is 2. The molecule has 2 aromatic carbocycles. The van der Waals surface area contributed by atoms with Crippen LogP contribution in [0.15, 0.2) is 59.5 Å². The van der Waals surface area contributed by atoms with Gasteiger partial charge in [-0.3, -0.25) is 0 Å². The van der Waals surface area contributed by atoms with Crippen LogP contribution >= 0.6 is 23.2 Å². The molecule has 128 valence electrons. The first-order valence-corrected chi connectivity index (χ1v) is 9.02. The van der Waals surface area contributed by atoms with E-state index in [2.05, 4.69) is 9.46 Å². The van der Waals surface area contributed by atoms with Crippen LogP contribution in [0.2, 0.25) is 0 Å². The average molecular weight is 386 g/mol. The fourth-order valence-corrected chi connectivity index (χ4v) is 3.78. The van der Waals surface area contributed by atoms with Gasteiger partial charge in [-0.15, -0.1) is 0 Å². The van der Waals surface area contributed by atoms with E-state index >= 15 is 0 Å². The van der Waals surface area contributed by atoms with E-state index in [0.717, 1.165) is 5.56 Å². The number of carbonyl (C=O) groups excluding carboxylic acids is 1. The van der Waals surface area contributed by atoms with Crippen molar-refractivity contribution in [3.8, 4) is 0 Å². The van der Waals surface area contributed by atoms with Gasteiger partial charge in [-0.2, -0.15) is 0 Å². The molecule has 1 N–H and O–H groups in total. The SMILES string of the molecule is COC(=O)C(Cl)(Cl)[C@@H](NS(=O)c1ccc(C)cc1)c1ccccc1. The van der Waals surface area contributed by atoms with Crippen LogP contribution < -0.4 is 4.72 Å². The van der Waals surface area contributed by atoms with E-state index in [1.807, 2.05) is 25.1 Å². The molecule has 0 aliphatic carbocycles. The number of methoxy groups -OCH3 is 1. The number of carbonyl (C=O) groups is 1. The maximum absolute atomic E-state index is 12.6. The van der Waals surface area contributed by atoms with Gasteiger partial charge in [0.05, 0.1) is 18.0 Å². The van der Waals surface area contributed by atoms with Crippen molar-refractivity contribution in [2.45, 2.75) is 22.2 Å². The predicted molar refractivity (Wildman–Crippen MR) is 96.4 cm³/mol. The lowest BCUT2D eigenvalue weighted by Crippen LogP contribution is -2.43. The van der Waals surface area contributed by atoms with E-state index in [9.17, 15) is 9.00 Å². The van der Waals surface area contributed by atoms with E-state index in [4.69, 9.17) is 23.2 Å². The zero-order chi connectivity index (χ0) is 17.7. The highest BCUT2D eigenvalue weighted by molar-refractivity contribution is 7.83. The minimum Gasteiger partial charge on any atom is -0.467 e. The van der Waals surface area contributed by atoms with Gasteiger partial charge in [0.15, 0.2) is 0 Å². The summed E-state index contributed by atoms with van der Waals surface area (Å²) in [5.74, 6) is -0.826. The van der Waals surface area contributed by atoms with Crippen molar-refractivity contribution in [1.29, 1.82) is 0 Å². The normalized spacial score (nSPS) is 14.0. The number of ether oxygens (including phenoxy) is 1. The quantitative estimate of drug-likeness (QED) is 0.609. The van der Waals surface area contributed by atoms with Crippen LogP contribution in [0.1, 0.15) is 17.2 Å². The molecule has 0 aromatic heterocycles. The summed E-state index contributed by atoms with van der Waals surface area (Å²) in [5.41, 5.74) is 1.67. The molecule has 0 saturated carbocycles. The van der Waals surface area contributed by atoms with Crippen LogP contribution in [-0.2, 0) is 20.5 Å². The van der Waals surface area contributed by atoms with Crippen molar-refractivity contribution in [3.63, 3.8) is 0 Å². The lowest BCUT2D eigenvalue weighted by molar-refractivity contribution is -0.142. The molecule has 4 nitrogen and oxygen atoms in total. The largest absolute Gasteiger partial charge is 0.467 e. The number of halogens is 2. The molecule has 0 radical (unpaired) electrons. The molecule has 0 fully saturated rings. The first-order valence-electron chi connectivity index (χ1n) is 7.12. The van der Waals surface area contributed by atoms with Crippen molar-refractivity contribution in [3.05, 3.63) is 65.7 Å². The third kappa shape index (κ3) is 4.36. The standard InChI is InChI=1S/C17H17Cl2NO3S/c1-12-8-10-14(11-9-12)24(22)20-15(13-6-4-3-5-7-13)17(18,19)16(21)23-2/h3-11,15,20H,1-2H3/t15-,24?/m0/s1. The number of hydrogen-bond donors (Lipinski definition) is 1. The van der Waals surface area contributed by atoms with Gasteiger partial charge in [-0.1, -0.05) is 71.2 Å². The zero-order valence-corrected chi connectivity index (χ0v) is 15.5. The van der Waals surface area contributed by atoms with E-state index in [1.165, 1.54) is 7.11 Å². The molecule has 0 heterocycles. The fraction of sp³-hybridized carbons (Fsp3) is 0.235. The summed E-state index contributed by atoms with van der Waals surface area (Å²) in [4.78, 5) is 12.5. The van der Waals surface area contributed by atoms with Crippen molar-refractivity contribution >= 4 is 40.2 Å². The molecule has 0 amide bonds. The Bertz CT molecular complexity index is 720. The van der Waals surface area contributed by atoms with Gasteiger partial charge < -0.3 is 4.74 Å². The Labute approximate surface area is 153 Å². The summed E-state index contributed by atoms with van der Waals surface area (Å²) in [6.45, 7) is 1.94. The molecule has 0 saturated heterocycles. The van der Waals surface area contributed by atoms with Gasteiger partial charge in [0, 0.05) is 0 Å². The van der Waals surface area contributed by atoms with E-state index in [1.54, 1.807) is 36.4 Å². The second-order valence-corrected chi connectivity index (χ2v) is 7.79. The monoisotopic (exact) mass is 385 g/mol. The van der Waals surface area contributed by atoms with Gasteiger partial charge in [-0.05, 0) is 24.6 Å². The van der Waals surface area contributed by atoms with Gasteiger partial charge >= 0.3 is 5.97 Å². The first kappa shape index (κ1) is 18.9. The van der Waals surface area contributed by atoms with Crippen molar-refractivity contribution in [2.24, 2.45) is 0 Å². The summed E-state index contributed by atoms with van der Waals surface area (Å²) in [6.07, 6.45) is 0. The Hall–Kier alpha value is -1.40. The summed E-state index contributed by atoms with van der Waals surface area (Å²) < 4.78 is 18.2. The number of hydrogen-bond acceptors (Lipinski definition) is 3. The Kier molecular flexibility index (Phi) is 6.40. The number of alkyl halides is 2. The summed E-state index contributed by atoms with van der Waals surface area (Å²) >= 11 is 12.5. The molecular weight excluding hydrogens is 369 g/mol. The smallest absolute Gasteiger partial charge is 0.344 e. The van der Waals surface area contributed by atoms with Gasteiger partial charge in [0.1, 0.15) is 11.0 Å². The third-order valence-corrected chi connectivity index (χ3v) is 5.31. The molecule has 0 aliphatic rings. The Morgan fingerprint density at radius 1 is 1.12 bits per heavy atom. The van der Waals surface area contributed by atoms with Gasteiger partial charge in [-0.25, -0.2) is 13.7 Å². The molecule has 0 spiro atoms. The van der Waals surface area contributed by atoms with Crippen LogP contribution in [0.5, 0.6) is 0 Å². The topological polar surface area (TPSA) is 55.4 Å². The first-order chi connectivity index (χ1) is 11.4. The van der Waals surface area contributed by atoms with E-state index < -0.39 is 27.3 Å². The van der Waals surface area contributed by atoms with Crippen LogP contribution in [-0.4, -0.2) is 21.6 Å². The summed E-state index contributed by atoms with van der Waals surface area (Å²) in [6, 6.07) is 15.1. The van der Waals surface area contributed by atoms with Gasteiger partial charge in [0.2, 0.25) is 4.33 Å². The van der Waals surface area contributed by atoms with Crippen molar-refractivity contribution in [2.75, 3.05) is 7.11 Å². The zero-order valence-electron chi connectivity index (χ0n) is 13.2. The Morgan fingerprint density at radius 3 is 2.25 bits per heavy atom. The van der Waals surface area contributed by atoms with Crippen LogP contribution in [0.25, 0.3) is 0 Å². The maximum atomic E-state index is 12.6. The maximum Gasteiger partial charge on any atom is 0.344 e. The fourth-order valence-electron chi connectivity index (χ4n) is 2.09. The molecule has 2 aromatic rings. The third-order valence-electron chi connectivity index (χ3n) is 3.41.